The minimum Gasteiger partial charge on any atom is -0.505 e. The minimum atomic E-state index is -0.586. The topological polar surface area (TPSA) is 98.0 Å². The Bertz CT molecular complexity index is 1260. The summed E-state index contributed by atoms with van der Waals surface area (Å²) >= 11 is 3.35. The van der Waals surface area contributed by atoms with Crippen molar-refractivity contribution in [3.8, 4) is 5.75 Å². The van der Waals surface area contributed by atoms with Gasteiger partial charge < -0.3 is 25.1 Å². The second-order valence-electron chi connectivity index (χ2n) is 9.13. The van der Waals surface area contributed by atoms with Crippen LogP contribution in [-0.4, -0.2) is 58.5 Å². The number of hydrogen-bond acceptors (Lipinski definition) is 10. The van der Waals surface area contributed by atoms with Gasteiger partial charge >= 0.3 is 0 Å². The molecule has 0 amide bonds. The molecule has 3 heterocycles. The van der Waals surface area contributed by atoms with E-state index in [9.17, 15) is 14.7 Å². The summed E-state index contributed by atoms with van der Waals surface area (Å²) in [6.45, 7) is 5.64. The van der Waals surface area contributed by atoms with Crippen LogP contribution in [0.2, 0.25) is 0 Å². The summed E-state index contributed by atoms with van der Waals surface area (Å²) in [7, 11) is 2.10. The van der Waals surface area contributed by atoms with Crippen molar-refractivity contribution in [2.75, 3.05) is 49.6 Å². The van der Waals surface area contributed by atoms with Gasteiger partial charge in [-0.25, -0.2) is 4.31 Å². The van der Waals surface area contributed by atoms with Gasteiger partial charge in [0.1, 0.15) is 22.9 Å². The zero-order chi connectivity index (χ0) is 24.5. The molecule has 0 spiro atoms. The van der Waals surface area contributed by atoms with Gasteiger partial charge in [-0.3, -0.25) is 9.59 Å². The Morgan fingerprint density at radius 3 is 2.57 bits per heavy atom. The van der Waals surface area contributed by atoms with Gasteiger partial charge in [0.25, 0.3) is 10.9 Å². The second kappa shape index (κ2) is 10.3. The number of para-hydroxylation sites is 1. The molecule has 10 heteroatoms. The number of hydrogen-bond donors (Lipinski definition) is 3. The zero-order valence-electron chi connectivity index (χ0n) is 19.9. The number of phenols is 1. The first-order chi connectivity index (χ1) is 16.9. The van der Waals surface area contributed by atoms with E-state index >= 15 is 0 Å². The molecule has 2 atom stereocenters. The maximum absolute atomic E-state index is 12.6. The van der Waals surface area contributed by atoms with Gasteiger partial charge in [0.15, 0.2) is 5.75 Å². The highest BCUT2D eigenvalue weighted by Gasteiger charge is 2.33. The van der Waals surface area contributed by atoms with Crippen molar-refractivity contribution in [1.29, 1.82) is 0 Å². The van der Waals surface area contributed by atoms with Crippen molar-refractivity contribution in [2.24, 2.45) is 0 Å². The number of phenolic OH excluding ortho intramolecular Hbond substituents is 1. The Morgan fingerprint density at radius 2 is 1.89 bits per heavy atom. The monoisotopic (exact) mass is 514 g/mol. The highest BCUT2D eigenvalue weighted by Crippen LogP contribution is 2.41. The van der Waals surface area contributed by atoms with E-state index in [1.807, 2.05) is 43.0 Å². The molecule has 3 aromatic rings. The fourth-order valence-corrected chi connectivity index (χ4v) is 6.81. The Labute approximate surface area is 212 Å². The second-order valence-corrected chi connectivity index (χ2v) is 11.6. The highest BCUT2D eigenvalue weighted by atomic mass is 32.2. The van der Waals surface area contributed by atoms with Crippen molar-refractivity contribution in [1.82, 2.24) is 9.21 Å². The molecular formula is C25H30N4O4S2. The number of anilines is 3. The third-order valence-electron chi connectivity index (χ3n) is 6.56. The number of piperazine rings is 1. The summed E-state index contributed by atoms with van der Waals surface area (Å²) in [4.78, 5) is 28.1. The summed E-state index contributed by atoms with van der Waals surface area (Å²) in [5, 5.41) is 17.5. The average Bonchev–Trinajstić information content (AvgIpc) is 3.54. The number of likely N-dealkylation sites (N-methyl/N-ethyl adjacent to an activating group) is 1. The van der Waals surface area contributed by atoms with Crippen molar-refractivity contribution in [3.63, 3.8) is 0 Å². The van der Waals surface area contributed by atoms with Crippen LogP contribution in [0.15, 0.2) is 49.2 Å². The van der Waals surface area contributed by atoms with Crippen LogP contribution in [-0.2, 0) is 0 Å². The molecule has 0 aliphatic carbocycles. The van der Waals surface area contributed by atoms with Crippen LogP contribution in [0.1, 0.15) is 30.4 Å². The number of nitrogens with zero attached hydrogens (tertiary/aromatic N) is 2. The summed E-state index contributed by atoms with van der Waals surface area (Å²) in [6, 6.07) is 9.03. The van der Waals surface area contributed by atoms with Gasteiger partial charge in [-0.2, -0.15) is 11.8 Å². The van der Waals surface area contributed by atoms with Gasteiger partial charge in [-0.15, -0.1) is 0 Å². The van der Waals surface area contributed by atoms with Gasteiger partial charge in [0, 0.05) is 31.4 Å². The van der Waals surface area contributed by atoms with E-state index in [4.69, 9.17) is 4.42 Å². The Hall–Kier alpha value is -2.40. The van der Waals surface area contributed by atoms with Crippen LogP contribution in [0.4, 0.5) is 17.1 Å². The lowest BCUT2D eigenvalue weighted by Gasteiger charge is -2.31. The van der Waals surface area contributed by atoms with Crippen LogP contribution in [0.3, 0.4) is 0 Å². The third-order valence-corrected chi connectivity index (χ3v) is 9.17. The normalized spacial score (nSPS) is 20.3. The number of aryl methyl sites for hydroxylation is 1. The number of rotatable bonds is 8. The molecular weight excluding hydrogens is 484 g/mol. The predicted molar refractivity (Wildman–Crippen MR) is 143 cm³/mol. The molecule has 2 aliphatic heterocycles. The summed E-state index contributed by atoms with van der Waals surface area (Å²) in [6.07, 6.45) is 2.11. The van der Waals surface area contributed by atoms with Crippen LogP contribution >= 0.6 is 23.7 Å². The number of thioether (sulfide) groups is 1. The van der Waals surface area contributed by atoms with Crippen molar-refractivity contribution in [2.45, 2.75) is 36.0 Å². The maximum atomic E-state index is 12.6. The van der Waals surface area contributed by atoms with E-state index in [2.05, 4.69) is 26.9 Å². The maximum Gasteiger partial charge on any atom is 0.253 e. The molecule has 0 bridgehead atoms. The summed E-state index contributed by atoms with van der Waals surface area (Å²) in [5.74, 6) is 2.69. The fourth-order valence-electron chi connectivity index (χ4n) is 4.49. The lowest BCUT2D eigenvalue weighted by molar-refractivity contribution is 0.233. The van der Waals surface area contributed by atoms with Gasteiger partial charge in [-0.05, 0) is 68.8 Å². The third kappa shape index (κ3) is 5.11. The smallest absolute Gasteiger partial charge is 0.253 e. The van der Waals surface area contributed by atoms with E-state index in [-0.39, 0.29) is 28.4 Å². The predicted octanol–water partition coefficient (Wildman–Crippen LogP) is 3.94. The molecule has 8 nitrogen and oxygen atoms in total. The first-order valence-electron chi connectivity index (χ1n) is 11.9. The minimum absolute atomic E-state index is 0.0694. The molecule has 1 aromatic heterocycles. The SMILES string of the molecule is Cc1ccc(C(Nc2c(Nc3cccc(SN4CCN(C)CC4)c3O)c(=O)c2=O)[C@@H]2CCCS2)o1. The van der Waals surface area contributed by atoms with Crippen LogP contribution < -0.4 is 21.5 Å². The molecule has 0 saturated carbocycles. The number of furan rings is 1. The Morgan fingerprint density at radius 1 is 1.11 bits per heavy atom. The van der Waals surface area contributed by atoms with Crippen LogP contribution in [0, 0.1) is 6.92 Å². The van der Waals surface area contributed by atoms with Gasteiger partial charge in [-0.1, -0.05) is 6.07 Å². The molecule has 186 valence electrons. The lowest BCUT2D eigenvalue weighted by atomic mass is 10.0. The average molecular weight is 515 g/mol. The van der Waals surface area contributed by atoms with E-state index in [1.165, 1.54) is 11.9 Å². The van der Waals surface area contributed by atoms with Gasteiger partial charge in [0.05, 0.1) is 16.6 Å². The van der Waals surface area contributed by atoms with Crippen LogP contribution in [0.25, 0.3) is 0 Å². The molecule has 2 aromatic carbocycles. The zero-order valence-corrected chi connectivity index (χ0v) is 21.5. The molecule has 0 radical (unpaired) electrons. The highest BCUT2D eigenvalue weighted by molar-refractivity contribution is 8.00. The van der Waals surface area contributed by atoms with E-state index in [1.54, 1.807) is 6.07 Å². The molecule has 2 saturated heterocycles. The molecule has 3 N–H and O–H groups in total. The molecule has 2 fully saturated rings. The molecule has 1 unspecified atom stereocenters. The fraction of sp³-hybridized carbons (Fsp3) is 0.440. The van der Waals surface area contributed by atoms with E-state index < -0.39 is 10.9 Å². The van der Waals surface area contributed by atoms with Crippen molar-refractivity contribution >= 4 is 40.8 Å². The van der Waals surface area contributed by atoms with E-state index in [0.717, 1.165) is 56.3 Å². The Balaban J connectivity index is 1.36. The molecule has 5 rings (SSSR count). The first-order valence-corrected chi connectivity index (χ1v) is 13.7. The lowest BCUT2D eigenvalue weighted by Crippen LogP contribution is -2.41. The quantitative estimate of drug-likeness (QED) is 0.233. The Kier molecular flexibility index (Phi) is 7.15. The summed E-state index contributed by atoms with van der Waals surface area (Å²) < 4.78 is 8.11. The van der Waals surface area contributed by atoms with Crippen LogP contribution in [0.5, 0.6) is 5.75 Å². The first kappa shape index (κ1) is 24.3. The number of aromatic hydroxyl groups is 1. The molecule has 35 heavy (non-hydrogen) atoms. The largest absolute Gasteiger partial charge is 0.505 e. The number of benzene rings is 1. The summed E-state index contributed by atoms with van der Waals surface area (Å²) in [5.41, 5.74) is -0.301. The standard InChI is InChI=1S/C25H30N4O4S2/c1-15-8-9-17(33-15)20(18-7-4-14-34-18)27-22-21(24(31)25(22)32)26-16-5-3-6-19(23(16)30)35-29-12-10-28(2)11-13-29/h3,5-6,8-9,18,20,26-27,30H,4,7,10-14H2,1-2H3/t18-,20?/m0/s1. The number of nitrogens with one attached hydrogen (secondary N) is 2. The van der Waals surface area contributed by atoms with Crippen molar-refractivity contribution in [3.05, 3.63) is 62.3 Å². The molecule has 2 aliphatic rings. The van der Waals surface area contributed by atoms with E-state index in [0.29, 0.717) is 10.6 Å². The van der Waals surface area contributed by atoms with Gasteiger partial charge in [0.2, 0.25) is 0 Å². The van der Waals surface area contributed by atoms with Crippen molar-refractivity contribution < 1.29 is 9.52 Å².